The maximum absolute atomic E-state index is 12.0. The molecule has 0 saturated carbocycles. The van der Waals surface area contributed by atoms with Crippen molar-refractivity contribution in [2.24, 2.45) is 5.10 Å². The van der Waals surface area contributed by atoms with E-state index in [9.17, 15) is 4.79 Å². The lowest BCUT2D eigenvalue weighted by Crippen LogP contribution is -2.19. The van der Waals surface area contributed by atoms with E-state index in [-0.39, 0.29) is 12.3 Å². The van der Waals surface area contributed by atoms with Crippen molar-refractivity contribution in [1.82, 2.24) is 15.6 Å². The number of aryl methyl sites for hydroxylation is 2. The number of ether oxygens (including phenoxy) is 3. The molecule has 11 heteroatoms. The second-order valence-corrected chi connectivity index (χ2v) is 9.50. The molecule has 0 aliphatic carbocycles. The Morgan fingerprint density at radius 2 is 2.00 bits per heavy atom. The summed E-state index contributed by atoms with van der Waals surface area (Å²) in [5.41, 5.74) is 11.1. The zero-order valence-electron chi connectivity index (χ0n) is 19.1. The molecule has 0 fully saturated rings. The molecule has 2 aromatic carbocycles. The summed E-state index contributed by atoms with van der Waals surface area (Å²) in [5, 5.41) is 12.3. The molecule has 0 unspecified atom stereocenters. The van der Waals surface area contributed by atoms with Crippen LogP contribution in [0.2, 0.25) is 0 Å². The average molecular weight is 595 g/mol. The van der Waals surface area contributed by atoms with Crippen LogP contribution in [0.5, 0.6) is 17.2 Å². The summed E-state index contributed by atoms with van der Waals surface area (Å²) in [6, 6.07) is 9.89. The lowest BCUT2D eigenvalue weighted by atomic mass is 10.1. The third-order valence-corrected chi connectivity index (χ3v) is 6.12. The van der Waals surface area contributed by atoms with Gasteiger partial charge in [-0.1, -0.05) is 24.3 Å². The first kappa shape index (κ1) is 25.7. The number of nitrogens with one attached hydrogen (secondary N) is 1. The number of halogens is 1. The molecule has 0 saturated heterocycles. The lowest BCUT2D eigenvalue weighted by Gasteiger charge is -2.14. The van der Waals surface area contributed by atoms with Crippen molar-refractivity contribution in [3.05, 3.63) is 55.6 Å². The number of aromatic nitrogens is 2. The minimum atomic E-state index is -0.311. The second-order valence-electron chi connectivity index (χ2n) is 7.24. The van der Waals surface area contributed by atoms with E-state index in [1.54, 1.807) is 13.2 Å². The minimum absolute atomic E-state index is 0.0597. The van der Waals surface area contributed by atoms with Gasteiger partial charge in [0.2, 0.25) is 11.0 Å². The number of rotatable bonds is 11. The van der Waals surface area contributed by atoms with Gasteiger partial charge in [-0.15, -0.1) is 10.2 Å². The monoisotopic (exact) mass is 595 g/mol. The van der Waals surface area contributed by atoms with Gasteiger partial charge in [0, 0.05) is 0 Å². The van der Waals surface area contributed by atoms with Gasteiger partial charge in [-0.05, 0) is 76.9 Å². The number of amides is 1. The van der Waals surface area contributed by atoms with Crippen LogP contribution in [0.1, 0.15) is 28.6 Å². The molecule has 34 heavy (non-hydrogen) atoms. The summed E-state index contributed by atoms with van der Waals surface area (Å²) in [6.07, 6.45) is 2.55. The van der Waals surface area contributed by atoms with E-state index in [1.807, 2.05) is 18.2 Å². The van der Waals surface area contributed by atoms with Crippen LogP contribution >= 0.6 is 33.9 Å². The number of benzene rings is 2. The molecule has 0 atom stereocenters. The SMILES string of the molecule is CCc1cc(C)cc(OCCOc2c(I)cc(/C=N/NC(=O)Cc3nnc(N)s3)cc2OC)c1. The fourth-order valence-corrected chi connectivity index (χ4v) is 4.45. The Bertz CT molecular complexity index is 1170. The fourth-order valence-electron chi connectivity index (χ4n) is 3.06. The molecule has 180 valence electrons. The van der Waals surface area contributed by atoms with E-state index < -0.39 is 0 Å². The van der Waals surface area contributed by atoms with Crippen LogP contribution in [0.4, 0.5) is 5.13 Å². The highest BCUT2D eigenvalue weighted by atomic mass is 127. The number of methoxy groups -OCH3 is 1. The van der Waals surface area contributed by atoms with Crippen LogP contribution in [0.3, 0.4) is 0 Å². The van der Waals surface area contributed by atoms with Gasteiger partial charge in [0.25, 0.3) is 0 Å². The average Bonchev–Trinajstić information content (AvgIpc) is 3.21. The highest BCUT2D eigenvalue weighted by Gasteiger charge is 2.12. The molecule has 1 heterocycles. The highest BCUT2D eigenvalue weighted by molar-refractivity contribution is 14.1. The first-order valence-corrected chi connectivity index (χ1v) is 12.4. The first-order chi connectivity index (χ1) is 16.4. The Hall–Kier alpha value is -2.93. The van der Waals surface area contributed by atoms with Crippen molar-refractivity contribution in [2.75, 3.05) is 26.1 Å². The van der Waals surface area contributed by atoms with Crippen molar-refractivity contribution < 1.29 is 19.0 Å². The van der Waals surface area contributed by atoms with Gasteiger partial charge in [-0.25, -0.2) is 5.43 Å². The van der Waals surface area contributed by atoms with Crippen LogP contribution in [-0.4, -0.2) is 42.6 Å². The first-order valence-electron chi connectivity index (χ1n) is 10.5. The van der Waals surface area contributed by atoms with E-state index in [0.717, 1.165) is 21.3 Å². The third kappa shape index (κ3) is 7.55. The Kier molecular flexibility index (Phi) is 9.45. The van der Waals surface area contributed by atoms with E-state index in [0.29, 0.717) is 34.9 Å². The number of anilines is 1. The van der Waals surface area contributed by atoms with Gasteiger partial charge in [0.15, 0.2) is 11.5 Å². The van der Waals surface area contributed by atoms with Crippen LogP contribution in [0.15, 0.2) is 35.4 Å². The predicted molar refractivity (Wildman–Crippen MR) is 141 cm³/mol. The maximum Gasteiger partial charge on any atom is 0.247 e. The summed E-state index contributed by atoms with van der Waals surface area (Å²) in [6.45, 7) is 4.94. The van der Waals surface area contributed by atoms with Gasteiger partial charge in [0.1, 0.15) is 24.0 Å². The number of nitrogen functional groups attached to an aromatic ring is 1. The number of hydrogen-bond donors (Lipinski definition) is 2. The molecule has 3 rings (SSSR count). The van der Waals surface area contributed by atoms with Crippen LogP contribution in [0.25, 0.3) is 0 Å². The number of carbonyl (C=O) groups is 1. The van der Waals surface area contributed by atoms with Crippen LogP contribution < -0.4 is 25.4 Å². The molecule has 9 nitrogen and oxygen atoms in total. The van der Waals surface area contributed by atoms with Gasteiger partial charge >= 0.3 is 0 Å². The van der Waals surface area contributed by atoms with Gasteiger partial charge < -0.3 is 19.9 Å². The van der Waals surface area contributed by atoms with Crippen molar-refractivity contribution in [3.63, 3.8) is 0 Å². The Balaban J connectivity index is 1.54. The van der Waals surface area contributed by atoms with Crippen molar-refractivity contribution in [2.45, 2.75) is 26.7 Å². The van der Waals surface area contributed by atoms with Crippen LogP contribution in [-0.2, 0) is 17.6 Å². The molecule has 1 amide bonds. The summed E-state index contributed by atoms with van der Waals surface area (Å²) in [5.74, 6) is 1.71. The Morgan fingerprint density at radius 3 is 2.71 bits per heavy atom. The zero-order chi connectivity index (χ0) is 24.5. The molecule has 0 bridgehead atoms. The van der Waals surface area contributed by atoms with Crippen LogP contribution in [0, 0.1) is 10.5 Å². The quantitative estimate of drug-likeness (QED) is 0.150. The van der Waals surface area contributed by atoms with E-state index in [4.69, 9.17) is 19.9 Å². The summed E-state index contributed by atoms with van der Waals surface area (Å²) < 4.78 is 18.1. The number of hydrogen-bond acceptors (Lipinski definition) is 9. The Labute approximate surface area is 215 Å². The highest BCUT2D eigenvalue weighted by Crippen LogP contribution is 2.33. The number of hydrazone groups is 1. The molecule has 0 radical (unpaired) electrons. The number of nitrogens with zero attached hydrogens (tertiary/aromatic N) is 3. The third-order valence-electron chi connectivity index (χ3n) is 4.57. The van der Waals surface area contributed by atoms with E-state index in [2.05, 4.69) is 63.2 Å². The van der Waals surface area contributed by atoms with E-state index >= 15 is 0 Å². The minimum Gasteiger partial charge on any atom is -0.493 e. The normalized spacial score (nSPS) is 10.9. The summed E-state index contributed by atoms with van der Waals surface area (Å²) in [7, 11) is 1.57. The second kappa shape index (κ2) is 12.5. The van der Waals surface area contributed by atoms with Gasteiger partial charge in [-0.3, -0.25) is 4.79 Å². The molecule has 0 aliphatic heterocycles. The molecular formula is C23H26IN5O4S. The van der Waals surface area contributed by atoms with Crippen molar-refractivity contribution >= 4 is 51.2 Å². The summed E-state index contributed by atoms with van der Waals surface area (Å²) >= 11 is 3.34. The molecule has 1 aromatic heterocycles. The number of carbonyl (C=O) groups excluding carboxylic acids is 1. The Morgan fingerprint density at radius 1 is 1.21 bits per heavy atom. The molecule has 3 N–H and O–H groups in total. The smallest absolute Gasteiger partial charge is 0.247 e. The molecular weight excluding hydrogens is 569 g/mol. The van der Waals surface area contributed by atoms with E-state index in [1.165, 1.54) is 28.7 Å². The van der Waals surface area contributed by atoms with Crippen molar-refractivity contribution in [3.8, 4) is 17.2 Å². The fraction of sp³-hybridized carbons (Fsp3) is 0.304. The van der Waals surface area contributed by atoms with Gasteiger partial charge in [0.05, 0.1) is 23.3 Å². The molecule has 0 spiro atoms. The predicted octanol–water partition coefficient (Wildman–Crippen LogP) is 3.75. The lowest BCUT2D eigenvalue weighted by molar-refractivity contribution is -0.120. The summed E-state index contributed by atoms with van der Waals surface area (Å²) in [4.78, 5) is 12.0. The molecule has 3 aromatic rings. The largest absolute Gasteiger partial charge is 0.493 e. The molecule has 0 aliphatic rings. The van der Waals surface area contributed by atoms with Crippen molar-refractivity contribution in [1.29, 1.82) is 0 Å². The van der Waals surface area contributed by atoms with Gasteiger partial charge in [-0.2, -0.15) is 5.10 Å². The zero-order valence-corrected chi connectivity index (χ0v) is 22.1. The number of nitrogens with two attached hydrogens (primary N) is 1. The standard InChI is InChI=1S/C23H26IN5O4S/c1-4-15-7-14(2)8-17(9-15)32-5-6-33-22-18(24)10-16(11-19(22)31-3)13-26-27-20(30)12-21-28-29-23(25)34-21/h7-11,13H,4-6,12H2,1-3H3,(H2,25,29)(H,27,30)/b26-13+. The topological polar surface area (TPSA) is 121 Å². The maximum atomic E-state index is 12.0.